The Kier molecular flexibility index (Phi) is 4.62. The molecule has 0 atom stereocenters. The number of hydrogen-bond acceptors (Lipinski definition) is 2. The summed E-state index contributed by atoms with van der Waals surface area (Å²) < 4.78 is 0. The number of benzene rings is 1. The summed E-state index contributed by atoms with van der Waals surface area (Å²) >= 11 is 5.98. The summed E-state index contributed by atoms with van der Waals surface area (Å²) in [7, 11) is 0. The quantitative estimate of drug-likeness (QED) is 0.615. The van der Waals surface area contributed by atoms with Crippen LogP contribution in [0.4, 0.5) is 5.69 Å². The second-order valence-electron chi connectivity index (χ2n) is 6.64. The van der Waals surface area contributed by atoms with Crippen LogP contribution in [0.2, 0.25) is 5.02 Å². The number of allylic oxidation sites excluding steroid dienone is 5. The van der Waals surface area contributed by atoms with Gasteiger partial charge in [-0.05, 0) is 36.5 Å². The van der Waals surface area contributed by atoms with E-state index in [1.54, 1.807) is 18.2 Å². The third-order valence-electron chi connectivity index (χ3n) is 3.95. The largest absolute Gasteiger partial charge is 0.398 e. The molecule has 0 amide bonds. The number of carbonyl (C=O) groups is 1. The van der Waals surface area contributed by atoms with E-state index in [0.29, 0.717) is 17.1 Å². The first kappa shape index (κ1) is 16.6. The Hall–Kier alpha value is -1.80. The van der Waals surface area contributed by atoms with Crippen molar-refractivity contribution in [1.29, 1.82) is 0 Å². The minimum Gasteiger partial charge on any atom is -0.398 e. The first-order valence-electron chi connectivity index (χ1n) is 7.36. The Balaban J connectivity index is 2.61. The number of nitrogen functional groups attached to an aromatic ring is 1. The lowest BCUT2D eigenvalue weighted by Gasteiger charge is -2.32. The zero-order valence-corrected chi connectivity index (χ0v) is 14.1. The molecular formula is C19H22ClNO. The third kappa shape index (κ3) is 3.33. The highest BCUT2D eigenvalue weighted by atomic mass is 35.5. The fraction of sp³-hybridized carbons (Fsp3) is 0.316. The van der Waals surface area contributed by atoms with Gasteiger partial charge >= 0.3 is 0 Å². The van der Waals surface area contributed by atoms with Crippen molar-refractivity contribution in [2.45, 2.75) is 33.6 Å². The van der Waals surface area contributed by atoms with Gasteiger partial charge in [-0.3, -0.25) is 4.79 Å². The van der Waals surface area contributed by atoms with Crippen molar-refractivity contribution in [3.05, 3.63) is 58.7 Å². The Morgan fingerprint density at radius 1 is 1.36 bits per heavy atom. The SMILES string of the molecule is C=C/C=C(\C1=C(C)CC(C)(C)CC1=O)c1ccc(Cl)cc1N. The predicted molar refractivity (Wildman–Crippen MR) is 94.8 cm³/mol. The van der Waals surface area contributed by atoms with E-state index in [9.17, 15) is 4.79 Å². The molecule has 0 spiro atoms. The molecule has 1 aliphatic carbocycles. The van der Waals surface area contributed by atoms with Gasteiger partial charge in [-0.25, -0.2) is 0 Å². The van der Waals surface area contributed by atoms with E-state index < -0.39 is 0 Å². The van der Waals surface area contributed by atoms with E-state index in [1.165, 1.54) is 0 Å². The predicted octanol–water partition coefficient (Wildman–Crippen LogP) is 5.20. The van der Waals surface area contributed by atoms with E-state index in [1.807, 2.05) is 19.1 Å². The fourth-order valence-electron chi connectivity index (χ4n) is 3.21. The van der Waals surface area contributed by atoms with Crippen LogP contribution in [-0.2, 0) is 4.79 Å². The summed E-state index contributed by atoms with van der Waals surface area (Å²) in [6.45, 7) is 10.0. The van der Waals surface area contributed by atoms with Gasteiger partial charge < -0.3 is 5.73 Å². The van der Waals surface area contributed by atoms with Crippen molar-refractivity contribution in [1.82, 2.24) is 0 Å². The summed E-state index contributed by atoms with van der Waals surface area (Å²) in [4.78, 5) is 12.7. The molecule has 1 aromatic rings. The molecule has 3 heteroatoms. The average molecular weight is 316 g/mol. The second kappa shape index (κ2) is 6.13. The van der Waals surface area contributed by atoms with Crippen LogP contribution in [0.25, 0.3) is 5.57 Å². The maximum Gasteiger partial charge on any atom is 0.163 e. The Labute approximate surface area is 137 Å². The molecule has 2 rings (SSSR count). The fourth-order valence-corrected chi connectivity index (χ4v) is 3.39. The van der Waals surface area contributed by atoms with Gasteiger partial charge in [0.25, 0.3) is 0 Å². The Morgan fingerprint density at radius 3 is 2.59 bits per heavy atom. The van der Waals surface area contributed by atoms with Gasteiger partial charge in [0, 0.05) is 28.3 Å². The lowest BCUT2D eigenvalue weighted by atomic mass is 9.71. The Bertz CT molecular complexity index is 695. The molecule has 0 fully saturated rings. The maximum absolute atomic E-state index is 12.7. The molecule has 0 bridgehead atoms. The highest BCUT2D eigenvalue weighted by Gasteiger charge is 2.33. The molecule has 2 nitrogen and oxygen atoms in total. The van der Waals surface area contributed by atoms with Crippen LogP contribution in [0.15, 0.2) is 48.1 Å². The van der Waals surface area contributed by atoms with E-state index in [4.69, 9.17) is 17.3 Å². The van der Waals surface area contributed by atoms with Crippen LogP contribution < -0.4 is 5.73 Å². The van der Waals surface area contributed by atoms with Crippen molar-refractivity contribution < 1.29 is 4.79 Å². The van der Waals surface area contributed by atoms with Crippen molar-refractivity contribution in [3.8, 4) is 0 Å². The van der Waals surface area contributed by atoms with Crippen LogP contribution in [0.5, 0.6) is 0 Å². The number of carbonyl (C=O) groups excluding carboxylic acids is 1. The van der Waals surface area contributed by atoms with Gasteiger partial charge in [0.1, 0.15) is 0 Å². The number of hydrogen-bond donors (Lipinski definition) is 1. The maximum atomic E-state index is 12.7. The summed E-state index contributed by atoms with van der Waals surface area (Å²) in [6, 6.07) is 5.36. The van der Waals surface area contributed by atoms with E-state index >= 15 is 0 Å². The van der Waals surface area contributed by atoms with Gasteiger partial charge in [-0.1, -0.05) is 55.8 Å². The van der Waals surface area contributed by atoms with Crippen molar-refractivity contribution >= 4 is 28.6 Å². The van der Waals surface area contributed by atoms with Gasteiger partial charge in [-0.2, -0.15) is 0 Å². The number of Topliss-reactive ketones (excluding diaryl/α,β-unsaturated/α-hetero) is 1. The van der Waals surface area contributed by atoms with E-state index in [-0.39, 0.29) is 11.2 Å². The molecule has 116 valence electrons. The van der Waals surface area contributed by atoms with Crippen molar-refractivity contribution in [2.75, 3.05) is 5.73 Å². The van der Waals surface area contributed by atoms with Crippen LogP contribution in [0, 0.1) is 5.41 Å². The zero-order chi connectivity index (χ0) is 16.5. The van der Waals surface area contributed by atoms with Crippen molar-refractivity contribution in [2.24, 2.45) is 5.41 Å². The lowest BCUT2D eigenvalue weighted by molar-refractivity contribution is -0.117. The average Bonchev–Trinajstić information content (AvgIpc) is 2.35. The summed E-state index contributed by atoms with van der Waals surface area (Å²) in [5, 5.41) is 0.584. The molecule has 0 saturated carbocycles. The second-order valence-corrected chi connectivity index (χ2v) is 7.08. The van der Waals surface area contributed by atoms with Crippen LogP contribution in [-0.4, -0.2) is 5.78 Å². The number of nitrogens with two attached hydrogens (primary N) is 1. The van der Waals surface area contributed by atoms with E-state index in [0.717, 1.165) is 28.7 Å². The van der Waals surface area contributed by atoms with Gasteiger partial charge in [0.2, 0.25) is 0 Å². The number of rotatable bonds is 3. The highest BCUT2D eigenvalue weighted by Crippen LogP contribution is 2.42. The molecule has 0 saturated heterocycles. The number of anilines is 1. The summed E-state index contributed by atoms with van der Waals surface area (Å²) in [5.41, 5.74) is 10.2. The lowest BCUT2D eigenvalue weighted by Crippen LogP contribution is -2.25. The molecule has 1 aliphatic rings. The van der Waals surface area contributed by atoms with Crippen molar-refractivity contribution in [3.63, 3.8) is 0 Å². The standard InChI is InChI=1S/C19H22ClNO/c1-5-6-15(14-8-7-13(20)9-16(14)21)18-12(2)10-19(3,4)11-17(18)22/h5-9H,1,10-11,21H2,2-4H3/b15-6-. The molecule has 0 aromatic heterocycles. The molecule has 22 heavy (non-hydrogen) atoms. The Morgan fingerprint density at radius 2 is 2.05 bits per heavy atom. The van der Waals surface area contributed by atoms with Crippen LogP contribution in [0.1, 0.15) is 39.2 Å². The topological polar surface area (TPSA) is 43.1 Å². The minimum absolute atomic E-state index is 0.00942. The first-order chi connectivity index (χ1) is 10.2. The van der Waals surface area contributed by atoms with Gasteiger partial charge in [0.15, 0.2) is 5.78 Å². The molecule has 0 heterocycles. The highest BCUT2D eigenvalue weighted by molar-refractivity contribution is 6.31. The zero-order valence-electron chi connectivity index (χ0n) is 13.4. The molecule has 2 N–H and O–H groups in total. The van der Waals surface area contributed by atoms with Crippen LogP contribution >= 0.6 is 11.6 Å². The molecule has 0 aliphatic heterocycles. The summed E-state index contributed by atoms with van der Waals surface area (Å²) in [6.07, 6.45) is 4.99. The third-order valence-corrected chi connectivity index (χ3v) is 4.18. The first-order valence-corrected chi connectivity index (χ1v) is 7.74. The number of ketones is 1. The molecule has 1 aromatic carbocycles. The molecule has 0 unspecified atom stereocenters. The monoisotopic (exact) mass is 315 g/mol. The number of halogens is 1. The van der Waals surface area contributed by atoms with Gasteiger partial charge in [0.05, 0.1) is 0 Å². The normalized spacial score (nSPS) is 18.5. The minimum atomic E-state index is 0.00942. The molecule has 0 radical (unpaired) electrons. The smallest absolute Gasteiger partial charge is 0.163 e. The van der Waals surface area contributed by atoms with Crippen LogP contribution in [0.3, 0.4) is 0 Å². The van der Waals surface area contributed by atoms with E-state index in [2.05, 4.69) is 20.4 Å². The van der Waals surface area contributed by atoms with Gasteiger partial charge in [-0.15, -0.1) is 0 Å². The summed E-state index contributed by atoms with van der Waals surface area (Å²) in [5.74, 6) is 0.163. The molecular weight excluding hydrogens is 294 g/mol.